The highest BCUT2D eigenvalue weighted by Gasteiger charge is 2.10. The maximum atomic E-state index is 9.19. The molecule has 0 aliphatic carbocycles. The van der Waals surface area contributed by atoms with E-state index < -0.39 is 0 Å². The van der Waals surface area contributed by atoms with E-state index in [1.54, 1.807) is 0 Å². The van der Waals surface area contributed by atoms with Crippen LogP contribution in [0.2, 0.25) is 0 Å². The van der Waals surface area contributed by atoms with E-state index in [9.17, 15) is 5.11 Å². The molecule has 0 bridgehead atoms. The fourth-order valence-corrected chi connectivity index (χ4v) is 2.79. The van der Waals surface area contributed by atoms with Crippen molar-refractivity contribution in [1.29, 1.82) is 0 Å². The molecule has 3 N–H and O–H groups in total. The zero-order chi connectivity index (χ0) is 17.8. The van der Waals surface area contributed by atoms with Crippen LogP contribution in [-0.2, 0) is 6.42 Å². The van der Waals surface area contributed by atoms with Crippen LogP contribution in [0.25, 0.3) is 0 Å². The molecular weight excluding hydrogens is 425 g/mol. The Kier molecular flexibility index (Phi) is 13.9. The molecule has 2 atom stereocenters. The van der Waals surface area contributed by atoms with Gasteiger partial charge in [-0.25, -0.2) is 0 Å². The van der Waals surface area contributed by atoms with E-state index in [4.69, 9.17) is 4.99 Å². The second-order valence-corrected chi connectivity index (χ2v) is 6.35. The van der Waals surface area contributed by atoms with E-state index in [2.05, 4.69) is 62.6 Å². The summed E-state index contributed by atoms with van der Waals surface area (Å²) in [6, 6.07) is 8.96. The van der Waals surface area contributed by atoms with Gasteiger partial charge in [0.1, 0.15) is 0 Å². The maximum Gasteiger partial charge on any atom is 0.191 e. The Labute approximate surface area is 170 Å². The summed E-state index contributed by atoms with van der Waals surface area (Å²) in [5.74, 6) is 1.30. The lowest BCUT2D eigenvalue weighted by Crippen LogP contribution is -2.39. The molecule has 25 heavy (non-hydrogen) atoms. The van der Waals surface area contributed by atoms with Gasteiger partial charge in [0.05, 0.1) is 6.04 Å². The number of nitrogens with zero attached hydrogens (tertiary/aromatic N) is 1. The van der Waals surface area contributed by atoms with Crippen LogP contribution in [-0.4, -0.2) is 30.8 Å². The molecule has 5 heteroatoms. The lowest BCUT2D eigenvalue weighted by Gasteiger charge is -2.20. The third-order valence-electron chi connectivity index (χ3n) is 4.33. The van der Waals surface area contributed by atoms with Crippen molar-refractivity contribution >= 4 is 29.9 Å². The third kappa shape index (κ3) is 9.45. The number of aliphatic hydroxyl groups excluding tert-OH is 1. The van der Waals surface area contributed by atoms with Gasteiger partial charge in [-0.05, 0) is 50.2 Å². The first-order valence-corrected chi connectivity index (χ1v) is 9.39. The molecule has 0 fully saturated rings. The highest BCUT2D eigenvalue weighted by Crippen LogP contribution is 2.14. The standard InChI is InChI=1S/C20H35N3O.HI/c1-5-8-18(13-14-24)15-22-20(21-7-3)23-16(4)19-11-9-17(6-2)10-12-19;/h9-12,16,18,24H,5-8,13-15H2,1-4H3,(H2,21,22,23);1H. The molecule has 0 saturated heterocycles. The van der Waals surface area contributed by atoms with Gasteiger partial charge < -0.3 is 15.7 Å². The summed E-state index contributed by atoms with van der Waals surface area (Å²) in [7, 11) is 0. The van der Waals surface area contributed by atoms with Crippen LogP contribution in [0.5, 0.6) is 0 Å². The molecule has 0 spiro atoms. The second kappa shape index (κ2) is 14.4. The summed E-state index contributed by atoms with van der Waals surface area (Å²) >= 11 is 0. The van der Waals surface area contributed by atoms with Crippen LogP contribution in [0.4, 0.5) is 0 Å². The number of rotatable bonds is 10. The van der Waals surface area contributed by atoms with Crippen molar-refractivity contribution in [2.24, 2.45) is 10.9 Å². The van der Waals surface area contributed by atoms with E-state index in [0.717, 1.165) is 44.7 Å². The predicted octanol–water partition coefficient (Wildman–Crippen LogP) is 4.28. The van der Waals surface area contributed by atoms with Crippen LogP contribution < -0.4 is 10.6 Å². The summed E-state index contributed by atoms with van der Waals surface area (Å²) in [6.07, 6.45) is 4.13. The van der Waals surface area contributed by atoms with Gasteiger partial charge >= 0.3 is 0 Å². The van der Waals surface area contributed by atoms with E-state index in [1.807, 2.05) is 0 Å². The zero-order valence-corrected chi connectivity index (χ0v) is 18.5. The number of benzene rings is 1. The fourth-order valence-electron chi connectivity index (χ4n) is 2.79. The Morgan fingerprint density at radius 1 is 1.12 bits per heavy atom. The number of halogens is 1. The van der Waals surface area contributed by atoms with Gasteiger partial charge in [0, 0.05) is 19.7 Å². The molecule has 0 heterocycles. The molecule has 4 nitrogen and oxygen atoms in total. The van der Waals surface area contributed by atoms with Gasteiger partial charge in [-0.1, -0.05) is 44.5 Å². The molecule has 0 aliphatic heterocycles. The molecule has 1 aromatic carbocycles. The average Bonchev–Trinajstić information content (AvgIpc) is 2.60. The molecule has 2 unspecified atom stereocenters. The first-order chi connectivity index (χ1) is 11.6. The Bertz CT molecular complexity index is 470. The Balaban J connectivity index is 0.00000576. The first kappa shape index (κ1) is 24.2. The number of aryl methyl sites for hydroxylation is 1. The second-order valence-electron chi connectivity index (χ2n) is 6.35. The zero-order valence-electron chi connectivity index (χ0n) is 16.2. The van der Waals surface area contributed by atoms with E-state index in [1.165, 1.54) is 11.1 Å². The maximum absolute atomic E-state index is 9.19. The van der Waals surface area contributed by atoms with Gasteiger partial charge in [0.15, 0.2) is 5.96 Å². The highest BCUT2D eigenvalue weighted by molar-refractivity contribution is 14.0. The lowest BCUT2D eigenvalue weighted by atomic mass is 10.0. The first-order valence-electron chi connectivity index (χ1n) is 9.39. The van der Waals surface area contributed by atoms with E-state index in [-0.39, 0.29) is 36.6 Å². The van der Waals surface area contributed by atoms with E-state index >= 15 is 0 Å². The van der Waals surface area contributed by atoms with Crippen LogP contribution in [0.15, 0.2) is 29.3 Å². The average molecular weight is 461 g/mol. The van der Waals surface area contributed by atoms with Gasteiger partial charge in [-0.2, -0.15) is 0 Å². The topological polar surface area (TPSA) is 56.7 Å². The van der Waals surface area contributed by atoms with Crippen molar-refractivity contribution in [2.45, 2.75) is 59.4 Å². The van der Waals surface area contributed by atoms with Crippen molar-refractivity contribution < 1.29 is 5.11 Å². The molecule has 0 radical (unpaired) electrons. The summed E-state index contributed by atoms with van der Waals surface area (Å²) in [5, 5.41) is 16.0. The summed E-state index contributed by atoms with van der Waals surface area (Å²) < 4.78 is 0. The number of aliphatic imine (C=N–C) groups is 1. The molecule has 0 amide bonds. The number of hydrogen-bond acceptors (Lipinski definition) is 2. The largest absolute Gasteiger partial charge is 0.396 e. The van der Waals surface area contributed by atoms with Crippen molar-refractivity contribution in [3.63, 3.8) is 0 Å². The molecule has 0 aliphatic rings. The van der Waals surface area contributed by atoms with Crippen LogP contribution >= 0.6 is 24.0 Å². The van der Waals surface area contributed by atoms with Crippen LogP contribution in [0.3, 0.4) is 0 Å². The van der Waals surface area contributed by atoms with Gasteiger partial charge in [0.2, 0.25) is 0 Å². The Morgan fingerprint density at radius 2 is 1.80 bits per heavy atom. The van der Waals surface area contributed by atoms with Crippen molar-refractivity contribution in [3.05, 3.63) is 35.4 Å². The fraction of sp³-hybridized carbons (Fsp3) is 0.650. The molecular formula is C20H36IN3O. The quantitative estimate of drug-likeness (QED) is 0.277. The SMILES string of the molecule is CCCC(CCO)CN=C(NCC)NC(C)c1ccc(CC)cc1.I. The van der Waals surface area contributed by atoms with Crippen LogP contribution in [0.1, 0.15) is 64.1 Å². The highest BCUT2D eigenvalue weighted by atomic mass is 127. The molecule has 0 aromatic heterocycles. The van der Waals surface area contributed by atoms with Crippen molar-refractivity contribution in [1.82, 2.24) is 10.6 Å². The lowest BCUT2D eigenvalue weighted by molar-refractivity contribution is 0.253. The summed E-state index contributed by atoms with van der Waals surface area (Å²) in [6.45, 7) is 10.4. The smallest absolute Gasteiger partial charge is 0.191 e. The van der Waals surface area contributed by atoms with E-state index in [0.29, 0.717) is 5.92 Å². The minimum absolute atomic E-state index is 0. The van der Waals surface area contributed by atoms with Crippen molar-refractivity contribution in [3.8, 4) is 0 Å². The van der Waals surface area contributed by atoms with Crippen LogP contribution in [0, 0.1) is 5.92 Å². The minimum atomic E-state index is 0. The summed E-state index contributed by atoms with van der Waals surface area (Å²) in [4.78, 5) is 4.73. The van der Waals surface area contributed by atoms with Gasteiger partial charge in [-0.3, -0.25) is 4.99 Å². The molecule has 0 saturated carbocycles. The Morgan fingerprint density at radius 3 is 2.32 bits per heavy atom. The number of nitrogens with one attached hydrogen (secondary N) is 2. The minimum Gasteiger partial charge on any atom is -0.396 e. The summed E-state index contributed by atoms with van der Waals surface area (Å²) in [5.41, 5.74) is 2.62. The number of aliphatic hydroxyl groups is 1. The Hall–Kier alpha value is -0.820. The monoisotopic (exact) mass is 461 g/mol. The third-order valence-corrected chi connectivity index (χ3v) is 4.33. The molecule has 1 rings (SSSR count). The van der Waals surface area contributed by atoms with Gasteiger partial charge in [-0.15, -0.1) is 24.0 Å². The normalized spacial score (nSPS) is 13.7. The molecule has 144 valence electrons. The number of hydrogen-bond donors (Lipinski definition) is 3. The van der Waals surface area contributed by atoms with Gasteiger partial charge in [0.25, 0.3) is 0 Å². The predicted molar refractivity (Wildman–Crippen MR) is 119 cm³/mol. The molecule has 1 aromatic rings. The number of guanidine groups is 1. The van der Waals surface area contributed by atoms with Crippen molar-refractivity contribution in [2.75, 3.05) is 19.7 Å².